The lowest BCUT2D eigenvalue weighted by Gasteiger charge is -2.31. The summed E-state index contributed by atoms with van der Waals surface area (Å²) in [6.45, 7) is 3.02. The fourth-order valence-electron chi connectivity index (χ4n) is 4.21. The molecule has 4 rings (SSSR count). The molecule has 0 radical (unpaired) electrons. The number of hydrogen-bond acceptors (Lipinski definition) is 5. The molecule has 1 atom stereocenters. The van der Waals surface area contributed by atoms with Gasteiger partial charge in [0.25, 0.3) is 0 Å². The van der Waals surface area contributed by atoms with Gasteiger partial charge in [0.05, 0.1) is 17.5 Å². The first-order chi connectivity index (χ1) is 16.5. The SMILES string of the molecule is CCOc1ccc(S(=O)(=O)N2CCC(C(=O)NC(Cc3ncc[nH]3)c3ccccc3)CC2)cc1. The van der Waals surface area contributed by atoms with Gasteiger partial charge in [-0.2, -0.15) is 4.31 Å². The van der Waals surface area contributed by atoms with Crippen LogP contribution >= 0.6 is 0 Å². The predicted octanol–water partition coefficient (Wildman–Crippen LogP) is 3.31. The zero-order valence-corrected chi connectivity index (χ0v) is 20.0. The second-order valence-electron chi connectivity index (χ2n) is 8.29. The number of hydrogen-bond donors (Lipinski definition) is 2. The average Bonchev–Trinajstić information content (AvgIpc) is 3.38. The number of imidazole rings is 1. The molecule has 0 spiro atoms. The summed E-state index contributed by atoms with van der Waals surface area (Å²) in [6.07, 6.45) is 4.96. The van der Waals surface area contributed by atoms with Crippen molar-refractivity contribution < 1.29 is 17.9 Å². The number of piperidine rings is 1. The standard InChI is InChI=1S/C25H30N4O4S/c1-2-33-21-8-10-22(11-9-21)34(31,32)29-16-12-20(13-17-29)25(30)28-23(18-24-26-14-15-27-24)19-6-4-3-5-7-19/h3-11,14-15,20,23H,2,12-13,16-18H2,1H3,(H,26,27)(H,28,30). The Morgan fingerprint density at radius 3 is 2.47 bits per heavy atom. The summed E-state index contributed by atoms with van der Waals surface area (Å²) in [6, 6.07) is 16.1. The first-order valence-electron chi connectivity index (χ1n) is 11.5. The molecule has 1 aliphatic heterocycles. The van der Waals surface area contributed by atoms with Crippen LogP contribution in [0, 0.1) is 5.92 Å². The van der Waals surface area contributed by atoms with Gasteiger partial charge in [-0.3, -0.25) is 4.79 Å². The van der Waals surface area contributed by atoms with Crippen molar-refractivity contribution in [2.75, 3.05) is 19.7 Å². The van der Waals surface area contributed by atoms with E-state index in [1.807, 2.05) is 37.3 Å². The molecular weight excluding hydrogens is 452 g/mol. The molecule has 0 saturated carbocycles. The van der Waals surface area contributed by atoms with E-state index < -0.39 is 10.0 Å². The Hall–Kier alpha value is -3.17. The van der Waals surface area contributed by atoms with Crippen molar-refractivity contribution in [3.8, 4) is 5.75 Å². The van der Waals surface area contributed by atoms with Gasteiger partial charge in [0.2, 0.25) is 15.9 Å². The second-order valence-corrected chi connectivity index (χ2v) is 10.2. The molecule has 0 aliphatic carbocycles. The first-order valence-corrected chi connectivity index (χ1v) is 13.0. The van der Waals surface area contributed by atoms with Crippen molar-refractivity contribution >= 4 is 15.9 Å². The number of benzene rings is 2. The van der Waals surface area contributed by atoms with Gasteiger partial charge in [-0.05, 0) is 49.6 Å². The van der Waals surface area contributed by atoms with E-state index in [0.717, 1.165) is 11.4 Å². The fourth-order valence-corrected chi connectivity index (χ4v) is 5.68. The lowest BCUT2D eigenvalue weighted by molar-refractivity contribution is -0.126. The number of aromatic nitrogens is 2. The van der Waals surface area contributed by atoms with E-state index in [4.69, 9.17) is 4.74 Å². The number of carbonyl (C=O) groups excluding carboxylic acids is 1. The van der Waals surface area contributed by atoms with Crippen LogP contribution in [0.3, 0.4) is 0 Å². The highest BCUT2D eigenvalue weighted by Crippen LogP contribution is 2.26. The second kappa shape index (κ2) is 10.8. The number of amides is 1. The minimum Gasteiger partial charge on any atom is -0.494 e. The van der Waals surface area contributed by atoms with Crippen LogP contribution in [0.15, 0.2) is 71.9 Å². The minimum atomic E-state index is -3.61. The molecule has 1 aromatic heterocycles. The Balaban J connectivity index is 1.38. The van der Waals surface area contributed by atoms with Crippen LogP contribution in [0.4, 0.5) is 0 Å². The summed E-state index contributed by atoms with van der Waals surface area (Å²) >= 11 is 0. The van der Waals surface area contributed by atoms with E-state index in [9.17, 15) is 13.2 Å². The third-order valence-electron chi connectivity index (χ3n) is 6.07. The maximum absolute atomic E-state index is 13.1. The normalized spacial score (nSPS) is 16.1. The molecule has 9 heteroatoms. The lowest BCUT2D eigenvalue weighted by Crippen LogP contribution is -2.44. The van der Waals surface area contributed by atoms with Crippen molar-refractivity contribution in [2.45, 2.75) is 37.1 Å². The van der Waals surface area contributed by atoms with Crippen molar-refractivity contribution in [3.63, 3.8) is 0 Å². The summed E-state index contributed by atoms with van der Waals surface area (Å²) in [5.41, 5.74) is 1.00. The topological polar surface area (TPSA) is 104 Å². The molecule has 1 aliphatic rings. The number of H-pyrrole nitrogens is 1. The number of aromatic amines is 1. The van der Waals surface area contributed by atoms with E-state index in [-0.39, 0.29) is 22.8 Å². The molecule has 2 aromatic carbocycles. The predicted molar refractivity (Wildman–Crippen MR) is 129 cm³/mol. The summed E-state index contributed by atoms with van der Waals surface area (Å²) < 4.78 is 33.0. The molecule has 0 bridgehead atoms. The molecule has 2 N–H and O–H groups in total. The lowest BCUT2D eigenvalue weighted by atomic mass is 9.95. The average molecular weight is 483 g/mol. The number of rotatable bonds is 9. The Bertz CT molecular complexity index is 1160. The van der Waals surface area contributed by atoms with Crippen LogP contribution < -0.4 is 10.1 Å². The third-order valence-corrected chi connectivity index (χ3v) is 7.98. The molecule has 8 nitrogen and oxygen atoms in total. The van der Waals surface area contributed by atoms with Crippen LogP contribution in [0.2, 0.25) is 0 Å². The van der Waals surface area contributed by atoms with Crippen LogP contribution in [-0.2, 0) is 21.2 Å². The van der Waals surface area contributed by atoms with Crippen molar-refractivity contribution in [3.05, 3.63) is 78.4 Å². The van der Waals surface area contributed by atoms with Gasteiger partial charge in [0.15, 0.2) is 0 Å². The quantitative estimate of drug-likeness (QED) is 0.487. The minimum absolute atomic E-state index is 0.0569. The number of sulfonamides is 1. The van der Waals surface area contributed by atoms with Gasteiger partial charge in [0.1, 0.15) is 11.6 Å². The Kier molecular flexibility index (Phi) is 7.64. The number of carbonyl (C=O) groups is 1. The molecule has 1 fully saturated rings. The molecule has 3 aromatic rings. The summed E-state index contributed by atoms with van der Waals surface area (Å²) in [5, 5.41) is 3.16. The van der Waals surface area contributed by atoms with Crippen molar-refractivity contribution in [1.29, 1.82) is 0 Å². The van der Waals surface area contributed by atoms with Gasteiger partial charge < -0.3 is 15.0 Å². The van der Waals surface area contributed by atoms with Gasteiger partial charge in [-0.25, -0.2) is 13.4 Å². The summed E-state index contributed by atoms with van der Waals surface area (Å²) in [4.78, 5) is 20.7. The van der Waals surface area contributed by atoms with E-state index >= 15 is 0 Å². The van der Waals surface area contributed by atoms with E-state index in [1.165, 1.54) is 4.31 Å². The smallest absolute Gasteiger partial charge is 0.243 e. The zero-order valence-electron chi connectivity index (χ0n) is 19.2. The van der Waals surface area contributed by atoms with Gasteiger partial charge in [0, 0.05) is 37.8 Å². The number of ether oxygens (including phenoxy) is 1. The molecule has 180 valence electrons. The maximum atomic E-state index is 13.1. The van der Waals surface area contributed by atoms with Crippen molar-refractivity contribution in [2.24, 2.45) is 5.92 Å². The largest absolute Gasteiger partial charge is 0.494 e. The third kappa shape index (κ3) is 5.66. The van der Waals surface area contributed by atoms with E-state index in [1.54, 1.807) is 36.7 Å². The Morgan fingerprint density at radius 1 is 1.15 bits per heavy atom. The number of nitrogens with one attached hydrogen (secondary N) is 2. The van der Waals surface area contributed by atoms with Crippen LogP contribution in [-0.4, -0.2) is 48.3 Å². The fraction of sp³-hybridized carbons (Fsp3) is 0.360. The monoisotopic (exact) mass is 482 g/mol. The van der Waals surface area contributed by atoms with Gasteiger partial charge in [-0.1, -0.05) is 30.3 Å². The first kappa shape index (κ1) is 24.0. The molecular formula is C25H30N4O4S. The molecule has 1 amide bonds. The summed E-state index contributed by atoms with van der Waals surface area (Å²) in [5.74, 6) is 1.14. The van der Waals surface area contributed by atoms with Crippen LogP contribution in [0.1, 0.15) is 37.2 Å². The molecule has 1 unspecified atom stereocenters. The van der Waals surface area contributed by atoms with Crippen LogP contribution in [0.25, 0.3) is 0 Å². The Labute approximate surface area is 200 Å². The highest BCUT2D eigenvalue weighted by atomic mass is 32.2. The van der Waals surface area contributed by atoms with Crippen LogP contribution in [0.5, 0.6) is 5.75 Å². The molecule has 2 heterocycles. The maximum Gasteiger partial charge on any atom is 0.243 e. The van der Waals surface area contributed by atoms with E-state index in [2.05, 4.69) is 15.3 Å². The highest BCUT2D eigenvalue weighted by Gasteiger charge is 2.33. The molecule has 1 saturated heterocycles. The molecule has 34 heavy (non-hydrogen) atoms. The highest BCUT2D eigenvalue weighted by molar-refractivity contribution is 7.89. The van der Waals surface area contributed by atoms with E-state index in [0.29, 0.717) is 44.7 Å². The van der Waals surface area contributed by atoms with Crippen molar-refractivity contribution in [1.82, 2.24) is 19.6 Å². The zero-order chi connectivity index (χ0) is 24.0. The summed E-state index contributed by atoms with van der Waals surface area (Å²) in [7, 11) is -3.61. The number of nitrogens with zero attached hydrogens (tertiary/aromatic N) is 2. The van der Waals surface area contributed by atoms with Gasteiger partial charge >= 0.3 is 0 Å². The van der Waals surface area contributed by atoms with Gasteiger partial charge in [-0.15, -0.1) is 0 Å². The Morgan fingerprint density at radius 2 is 1.85 bits per heavy atom.